The van der Waals surface area contributed by atoms with Crippen molar-refractivity contribution < 1.29 is 14.3 Å². The van der Waals surface area contributed by atoms with Crippen molar-refractivity contribution >= 4 is 5.91 Å². The molecule has 3 aromatic rings. The summed E-state index contributed by atoms with van der Waals surface area (Å²) in [7, 11) is 3.28. The van der Waals surface area contributed by atoms with Crippen LogP contribution in [0.2, 0.25) is 0 Å². The number of carbonyl (C=O) groups is 1. The van der Waals surface area contributed by atoms with Crippen molar-refractivity contribution in [3.05, 3.63) is 84.2 Å². The first-order valence-electron chi connectivity index (χ1n) is 8.85. The molecule has 0 aliphatic carbocycles. The normalized spacial score (nSPS) is 11.6. The molecule has 0 aliphatic heterocycles. The van der Waals surface area contributed by atoms with Crippen LogP contribution < -0.4 is 14.8 Å². The number of ether oxygens (including phenoxy) is 2. The number of hydrogen-bond donors (Lipinski definition) is 1. The molecule has 1 heterocycles. The summed E-state index contributed by atoms with van der Waals surface area (Å²) in [6, 6.07) is 19.4. The van der Waals surface area contributed by atoms with E-state index in [0.717, 1.165) is 22.6 Å². The van der Waals surface area contributed by atoms with Gasteiger partial charge in [-0.25, -0.2) is 0 Å². The molecule has 0 fully saturated rings. The maximum atomic E-state index is 12.6. The quantitative estimate of drug-likeness (QED) is 0.661. The molecule has 1 amide bonds. The van der Waals surface area contributed by atoms with Crippen LogP contribution in [0, 0.1) is 0 Å². The Morgan fingerprint density at radius 1 is 0.963 bits per heavy atom. The van der Waals surface area contributed by atoms with E-state index in [1.807, 2.05) is 77.6 Å². The highest BCUT2D eigenvalue weighted by molar-refractivity contribution is 5.76. The van der Waals surface area contributed by atoms with Gasteiger partial charge in [-0.3, -0.25) is 4.79 Å². The maximum absolute atomic E-state index is 12.6. The van der Waals surface area contributed by atoms with E-state index in [4.69, 9.17) is 9.47 Å². The third kappa shape index (κ3) is 4.91. The molecule has 1 atom stereocenters. The zero-order chi connectivity index (χ0) is 19.1. The molecule has 0 unspecified atom stereocenters. The number of carbonyl (C=O) groups excluding carboxylic acids is 1. The highest BCUT2D eigenvalue weighted by Crippen LogP contribution is 2.24. The summed E-state index contributed by atoms with van der Waals surface area (Å²) < 4.78 is 12.5. The average Bonchev–Trinajstić information content (AvgIpc) is 3.25. The number of amides is 1. The molecule has 2 aromatic carbocycles. The van der Waals surface area contributed by atoms with Gasteiger partial charge in [-0.1, -0.05) is 24.3 Å². The topological polar surface area (TPSA) is 52.5 Å². The van der Waals surface area contributed by atoms with Gasteiger partial charge < -0.3 is 19.4 Å². The fraction of sp³-hybridized carbons (Fsp3) is 0.227. The number of rotatable bonds is 8. The van der Waals surface area contributed by atoms with E-state index in [9.17, 15) is 4.79 Å². The van der Waals surface area contributed by atoms with Gasteiger partial charge >= 0.3 is 0 Å². The Labute approximate surface area is 159 Å². The minimum Gasteiger partial charge on any atom is -0.497 e. The van der Waals surface area contributed by atoms with E-state index in [-0.39, 0.29) is 11.9 Å². The summed E-state index contributed by atoms with van der Waals surface area (Å²) in [6.07, 6.45) is 4.31. The van der Waals surface area contributed by atoms with Crippen LogP contribution in [-0.2, 0) is 11.3 Å². The second-order valence-electron chi connectivity index (χ2n) is 6.25. The molecule has 1 N–H and O–H groups in total. The molecular formula is C22H24N2O3. The van der Waals surface area contributed by atoms with Crippen molar-refractivity contribution in [2.24, 2.45) is 0 Å². The van der Waals surface area contributed by atoms with E-state index in [0.29, 0.717) is 13.0 Å². The van der Waals surface area contributed by atoms with Crippen LogP contribution in [0.25, 0.3) is 0 Å². The van der Waals surface area contributed by atoms with Crippen LogP contribution in [0.5, 0.6) is 11.5 Å². The Morgan fingerprint density at radius 2 is 1.67 bits per heavy atom. The average molecular weight is 364 g/mol. The molecule has 27 heavy (non-hydrogen) atoms. The van der Waals surface area contributed by atoms with Gasteiger partial charge in [0.2, 0.25) is 5.91 Å². The van der Waals surface area contributed by atoms with Gasteiger partial charge in [0, 0.05) is 18.9 Å². The van der Waals surface area contributed by atoms with Crippen LogP contribution in [0.4, 0.5) is 0 Å². The molecule has 0 saturated heterocycles. The lowest BCUT2D eigenvalue weighted by Crippen LogP contribution is -2.26. The summed E-state index contributed by atoms with van der Waals surface area (Å²) in [5, 5.41) is 3.00. The fourth-order valence-corrected chi connectivity index (χ4v) is 3.01. The Hall–Kier alpha value is -3.21. The number of nitrogens with zero attached hydrogens (tertiary/aromatic N) is 1. The fourth-order valence-electron chi connectivity index (χ4n) is 3.01. The van der Waals surface area contributed by atoms with Crippen LogP contribution in [0.15, 0.2) is 73.1 Å². The van der Waals surface area contributed by atoms with Gasteiger partial charge in [-0.15, -0.1) is 0 Å². The van der Waals surface area contributed by atoms with Crippen molar-refractivity contribution in [2.45, 2.75) is 19.0 Å². The SMILES string of the molecule is COc1ccc([C@@H](CC(=O)NCc2cccc(OC)c2)n2cccc2)cc1. The summed E-state index contributed by atoms with van der Waals surface area (Å²) in [5.41, 5.74) is 2.06. The summed E-state index contributed by atoms with van der Waals surface area (Å²) in [6.45, 7) is 0.469. The lowest BCUT2D eigenvalue weighted by Gasteiger charge is -2.20. The molecule has 3 rings (SSSR count). The van der Waals surface area contributed by atoms with Crippen molar-refractivity contribution in [3.63, 3.8) is 0 Å². The Morgan fingerprint density at radius 3 is 2.33 bits per heavy atom. The largest absolute Gasteiger partial charge is 0.497 e. The second-order valence-corrected chi connectivity index (χ2v) is 6.25. The zero-order valence-corrected chi connectivity index (χ0v) is 15.6. The highest BCUT2D eigenvalue weighted by atomic mass is 16.5. The van der Waals surface area contributed by atoms with Crippen molar-refractivity contribution in [1.29, 1.82) is 0 Å². The molecule has 0 spiro atoms. The predicted molar refractivity (Wildman–Crippen MR) is 105 cm³/mol. The molecule has 0 aliphatic rings. The Balaban J connectivity index is 1.68. The first-order chi connectivity index (χ1) is 13.2. The van der Waals surface area contributed by atoms with Crippen molar-refractivity contribution in [2.75, 3.05) is 14.2 Å². The standard InChI is InChI=1S/C22H24N2O3/c1-26-19-10-8-18(9-11-19)21(24-12-3-4-13-24)15-22(25)23-16-17-6-5-7-20(14-17)27-2/h3-14,21H,15-16H2,1-2H3,(H,23,25)/t21-/m1/s1. The molecule has 0 bridgehead atoms. The van der Waals surface area contributed by atoms with Crippen LogP contribution in [-0.4, -0.2) is 24.7 Å². The number of benzene rings is 2. The summed E-state index contributed by atoms with van der Waals surface area (Å²) >= 11 is 0. The Kier molecular flexibility index (Phi) is 6.15. The van der Waals surface area contributed by atoms with Crippen LogP contribution >= 0.6 is 0 Å². The molecular weight excluding hydrogens is 340 g/mol. The van der Waals surface area contributed by atoms with E-state index >= 15 is 0 Å². The zero-order valence-electron chi connectivity index (χ0n) is 15.6. The number of methoxy groups -OCH3 is 2. The number of nitrogens with one attached hydrogen (secondary N) is 1. The first kappa shape index (κ1) is 18.6. The van der Waals surface area contributed by atoms with Gasteiger partial charge in [0.25, 0.3) is 0 Å². The smallest absolute Gasteiger partial charge is 0.222 e. The predicted octanol–water partition coefficient (Wildman–Crippen LogP) is 3.80. The molecule has 1 aromatic heterocycles. The number of aromatic nitrogens is 1. The van der Waals surface area contributed by atoms with Crippen LogP contribution in [0.1, 0.15) is 23.6 Å². The van der Waals surface area contributed by atoms with Crippen molar-refractivity contribution in [3.8, 4) is 11.5 Å². The van der Waals surface area contributed by atoms with E-state index < -0.39 is 0 Å². The summed E-state index contributed by atoms with van der Waals surface area (Å²) in [4.78, 5) is 12.6. The van der Waals surface area contributed by atoms with E-state index in [2.05, 4.69) is 5.32 Å². The van der Waals surface area contributed by atoms with E-state index in [1.165, 1.54) is 0 Å². The molecule has 0 radical (unpaired) electrons. The minimum absolute atomic E-state index is 0.00709. The van der Waals surface area contributed by atoms with Gasteiger partial charge in [0.05, 0.1) is 26.7 Å². The second kappa shape index (κ2) is 8.94. The molecule has 5 nitrogen and oxygen atoms in total. The lowest BCUT2D eigenvalue weighted by molar-refractivity contribution is -0.121. The molecule has 0 saturated carbocycles. The third-order valence-corrected chi connectivity index (χ3v) is 4.49. The van der Waals surface area contributed by atoms with Crippen molar-refractivity contribution in [1.82, 2.24) is 9.88 Å². The van der Waals surface area contributed by atoms with E-state index in [1.54, 1.807) is 14.2 Å². The minimum atomic E-state index is -0.0729. The van der Waals surface area contributed by atoms with Gasteiger partial charge in [0.1, 0.15) is 11.5 Å². The summed E-state index contributed by atoms with van der Waals surface area (Å²) in [5.74, 6) is 1.57. The molecule has 140 valence electrons. The maximum Gasteiger partial charge on any atom is 0.222 e. The molecule has 5 heteroatoms. The third-order valence-electron chi connectivity index (χ3n) is 4.49. The Bertz CT molecular complexity index is 858. The number of hydrogen-bond acceptors (Lipinski definition) is 3. The van der Waals surface area contributed by atoms with Gasteiger partial charge in [-0.05, 0) is 47.5 Å². The van der Waals surface area contributed by atoms with Crippen LogP contribution in [0.3, 0.4) is 0 Å². The van der Waals surface area contributed by atoms with Gasteiger partial charge in [0.15, 0.2) is 0 Å². The monoisotopic (exact) mass is 364 g/mol. The van der Waals surface area contributed by atoms with Gasteiger partial charge in [-0.2, -0.15) is 0 Å². The lowest BCUT2D eigenvalue weighted by atomic mass is 10.0. The highest BCUT2D eigenvalue weighted by Gasteiger charge is 2.17. The first-order valence-corrected chi connectivity index (χ1v) is 8.85.